The zero-order valence-corrected chi connectivity index (χ0v) is 22.1. The summed E-state index contributed by atoms with van der Waals surface area (Å²) >= 11 is 0. The lowest BCUT2D eigenvalue weighted by Gasteiger charge is -2.16. The summed E-state index contributed by atoms with van der Waals surface area (Å²) in [4.78, 5) is 0. The summed E-state index contributed by atoms with van der Waals surface area (Å²) in [6.07, 6.45) is 12.9. The Morgan fingerprint density at radius 1 is 0.450 bits per heavy atom. The molecule has 5 aromatic carbocycles. The average molecular weight is 513 g/mol. The fraction of sp³-hybridized carbons (Fsp3) is 0.0526. The predicted molar refractivity (Wildman–Crippen MR) is 169 cm³/mol. The van der Waals surface area contributed by atoms with E-state index < -0.39 is 0 Å². The van der Waals surface area contributed by atoms with Crippen molar-refractivity contribution in [3.63, 3.8) is 0 Å². The zero-order chi connectivity index (χ0) is 26.5. The molecule has 0 spiro atoms. The summed E-state index contributed by atoms with van der Waals surface area (Å²) in [6.45, 7) is 1.71. The van der Waals surface area contributed by atoms with Crippen LogP contribution in [0.4, 0.5) is 0 Å². The number of allylic oxidation sites excluding steroid dienone is 4. The molecule has 2 N–H and O–H groups in total. The van der Waals surface area contributed by atoms with E-state index >= 15 is 0 Å². The van der Waals surface area contributed by atoms with Crippen molar-refractivity contribution in [3.8, 4) is 44.5 Å². The van der Waals surface area contributed by atoms with Crippen LogP contribution in [-0.2, 0) is 0 Å². The van der Waals surface area contributed by atoms with Gasteiger partial charge in [-0.15, -0.1) is 0 Å². The van der Waals surface area contributed by atoms with Gasteiger partial charge in [0.05, 0.1) is 0 Å². The summed E-state index contributed by atoms with van der Waals surface area (Å²) in [5, 5.41) is 9.22. The first kappa shape index (κ1) is 22.9. The van der Waals surface area contributed by atoms with Crippen molar-refractivity contribution in [3.05, 3.63) is 145 Å². The summed E-state index contributed by atoms with van der Waals surface area (Å²) in [5.74, 6) is 0. The third-order valence-corrected chi connectivity index (χ3v) is 8.30. The second-order valence-electron chi connectivity index (χ2n) is 10.6. The molecule has 0 unspecified atom stereocenters. The van der Waals surface area contributed by atoms with Crippen LogP contribution >= 0.6 is 0 Å². The maximum atomic E-state index is 3.27. The van der Waals surface area contributed by atoms with Crippen molar-refractivity contribution in [1.29, 1.82) is 0 Å². The number of nitrogens with one attached hydrogen (secondary N) is 2. The molecule has 2 nitrogen and oxygen atoms in total. The molecule has 0 amide bonds. The topological polar surface area (TPSA) is 24.1 Å². The van der Waals surface area contributed by atoms with Crippen LogP contribution in [-0.4, -0.2) is 13.1 Å². The van der Waals surface area contributed by atoms with Crippen molar-refractivity contribution in [2.24, 2.45) is 0 Å². The first-order chi connectivity index (χ1) is 19.8. The zero-order valence-electron chi connectivity index (χ0n) is 22.1. The Morgan fingerprint density at radius 3 is 1.65 bits per heavy atom. The predicted octanol–water partition coefficient (Wildman–Crippen LogP) is 8.82. The lowest BCUT2D eigenvalue weighted by Crippen LogP contribution is -2.09. The van der Waals surface area contributed by atoms with Gasteiger partial charge in [-0.05, 0) is 120 Å². The van der Waals surface area contributed by atoms with E-state index in [-0.39, 0.29) is 0 Å². The number of fused-ring (bicyclic) bond motifs is 3. The number of hydrogen-bond donors (Lipinski definition) is 2. The lowest BCUT2D eigenvalue weighted by molar-refractivity contribution is 0.975. The largest absolute Gasteiger partial charge is 0.387 e. The highest BCUT2D eigenvalue weighted by Gasteiger charge is 2.23. The second-order valence-corrected chi connectivity index (χ2v) is 10.6. The molecule has 3 aliphatic rings. The van der Waals surface area contributed by atoms with Crippen LogP contribution in [0.1, 0.15) is 11.1 Å². The van der Waals surface area contributed by atoms with Gasteiger partial charge in [-0.3, -0.25) is 0 Å². The molecule has 8 rings (SSSR count). The highest BCUT2D eigenvalue weighted by Crippen LogP contribution is 2.50. The third kappa shape index (κ3) is 3.72. The molecule has 190 valence electrons. The molecular formula is C38H28N2. The Bertz CT molecular complexity index is 1880. The summed E-state index contributed by atoms with van der Waals surface area (Å²) in [5.41, 5.74) is 15.3. The molecule has 0 fully saturated rings. The molecule has 0 radical (unpaired) electrons. The van der Waals surface area contributed by atoms with Gasteiger partial charge in [0.2, 0.25) is 0 Å². The van der Waals surface area contributed by atoms with Gasteiger partial charge < -0.3 is 10.6 Å². The number of dihydropyridines is 2. The first-order valence-corrected chi connectivity index (χ1v) is 14.0. The number of rotatable bonds is 4. The van der Waals surface area contributed by atoms with Gasteiger partial charge in [-0.1, -0.05) is 91.0 Å². The van der Waals surface area contributed by atoms with Crippen LogP contribution in [0.5, 0.6) is 0 Å². The van der Waals surface area contributed by atoms with Crippen LogP contribution in [0.15, 0.2) is 134 Å². The van der Waals surface area contributed by atoms with Gasteiger partial charge in [-0.2, -0.15) is 0 Å². The van der Waals surface area contributed by atoms with Crippen molar-refractivity contribution >= 4 is 21.9 Å². The molecule has 2 aliphatic heterocycles. The minimum Gasteiger partial charge on any atom is -0.387 e. The number of hydrogen-bond acceptors (Lipinski definition) is 2. The van der Waals surface area contributed by atoms with Gasteiger partial charge in [0.15, 0.2) is 0 Å². The van der Waals surface area contributed by atoms with Gasteiger partial charge in [0.25, 0.3) is 0 Å². The Labute approximate surface area is 234 Å². The van der Waals surface area contributed by atoms with E-state index in [1.54, 1.807) is 0 Å². The van der Waals surface area contributed by atoms with Gasteiger partial charge in [0, 0.05) is 13.1 Å². The summed E-state index contributed by atoms with van der Waals surface area (Å²) in [7, 11) is 0. The van der Waals surface area contributed by atoms with E-state index in [1.807, 2.05) is 12.4 Å². The highest BCUT2D eigenvalue weighted by atomic mass is 14.8. The van der Waals surface area contributed by atoms with Crippen molar-refractivity contribution in [1.82, 2.24) is 10.6 Å². The van der Waals surface area contributed by atoms with Crippen LogP contribution in [0.2, 0.25) is 0 Å². The smallest absolute Gasteiger partial charge is 0.0334 e. The highest BCUT2D eigenvalue weighted by molar-refractivity contribution is 6.18. The molecular weight excluding hydrogens is 484 g/mol. The SMILES string of the molecule is C1=CC(c2cc(C3=CCNC=C3)cc(-c3ccc(-c4cccc5c4-c4cccc6cccc-5c46)cc3)c2)=CCN1. The van der Waals surface area contributed by atoms with E-state index in [2.05, 4.69) is 132 Å². The molecule has 40 heavy (non-hydrogen) atoms. The van der Waals surface area contributed by atoms with Crippen LogP contribution in [0, 0.1) is 0 Å². The number of benzene rings is 5. The maximum absolute atomic E-state index is 3.27. The van der Waals surface area contributed by atoms with Crippen LogP contribution in [0.25, 0.3) is 66.4 Å². The average Bonchev–Trinajstić information content (AvgIpc) is 3.37. The summed E-state index contributed by atoms with van der Waals surface area (Å²) < 4.78 is 0. The van der Waals surface area contributed by atoms with E-state index in [0.717, 1.165) is 13.1 Å². The monoisotopic (exact) mass is 512 g/mol. The molecule has 0 aromatic heterocycles. The molecule has 1 aliphatic carbocycles. The minimum atomic E-state index is 0.853. The van der Waals surface area contributed by atoms with E-state index in [0.29, 0.717) is 0 Å². The molecule has 0 atom stereocenters. The fourth-order valence-electron chi connectivity index (χ4n) is 6.39. The van der Waals surface area contributed by atoms with Gasteiger partial charge in [0.1, 0.15) is 0 Å². The Kier molecular flexibility index (Phi) is 5.31. The Hall–Kier alpha value is -5.08. The molecule has 2 heteroatoms. The minimum absolute atomic E-state index is 0.853. The van der Waals surface area contributed by atoms with Crippen molar-refractivity contribution in [2.45, 2.75) is 0 Å². The molecule has 0 saturated heterocycles. The third-order valence-electron chi connectivity index (χ3n) is 8.30. The van der Waals surface area contributed by atoms with Gasteiger partial charge in [-0.25, -0.2) is 0 Å². The molecule has 0 saturated carbocycles. The quantitative estimate of drug-likeness (QED) is 0.247. The Balaban J connectivity index is 1.22. The first-order valence-electron chi connectivity index (χ1n) is 14.0. The van der Waals surface area contributed by atoms with E-state index in [9.17, 15) is 0 Å². The lowest BCUT2D eigenvalue weighted by atomic mass is 9.90. The molecule has 0 bridgehead atoms. The van der Waals surface area contributed by atoms with Crippen LogP contribution < -0.4 is 10.6 Å². The standard InChI is InChI=1S/C38H28N2/c1-4-29-5-2-9-36-37(29)34(7-1)35-8-3-6-33(38(35)36)28-12-10-25(11-13-28)30-22-31(26-14-18-39-19-15-26)24-32(23-30)27-16-20-40-21-17-27/h1-18,20,22-24,39-40H,19,21H2. The van der Waals surface area contributed by atoms with Gasteiger partial charge >= 0.3 is 0 Å². The normalized spacial score (nSPS) is 14.8. The Morgan fingerprint density at radius 2 is 1.00 bits per heavy atom. The van der Waals surface area contributed by atoms with Crippen LogP contribution in [0.3, 0.4) is 0 Å². The summed E-state index contributed by atoms with van der Waals surface area (Å²) in [6, 6.07) is 36.1. The molecule has 5 aromatic rings. The van der Waals surface area contributed by atoms with Crippen molar-refractivity contribution < 1.29 is 0 Å². The maximum Gasteiger partial charge on any atom is 0.0334 e. The van der Waals surface area contributed by atoms with E-state index in [4.69, 9.17) is 0 Å². The second kappa shape index (κ2) is 9.29. The van der Waals surface area contributed by atoms with E-state index in [1.165, 1.54) is 77.6 Å². The fourth-order valence-corrected chi connectivity index (χ4v) is 6.39. The van der Waals surface area contributed by atoms with Crippen molar-refractivity contribution in [2.75, 3.05) is 13.1 Å². The molecule has 2 heterocycles.